The summed E-state index contributed by atoms with van der Waals surface area (Å²) in [5.74, 6) is -1.37. The molecule has 1 atom stereocenters. The molecule has 0 aliphatic heterocycles. The molecule has 1 heterocycles. The van der Waals surface area contributed by atoms with Crippen molar-refractivity contribution < 1.29 is 30.8 Å². The largest absolute Gasteiger partial charge is 0.417 e. The Labute approximate surface area is 192 Å². The van der Waals surface area contributed by atoms with Crippen LogP contribution in [0.2, 0.25) is 5.02 Å². The van der Waals surface area contributed by atoms with Crippen LogP contribution >= 0.6 is 11.6 Å². The van der Waals surface area contributed by atoms with Crippen molar-refractivity contribution in [2.45, 2.75) is 26.1 Å². The van der Waals surface area contributed by atoms with Gasteiger partial charge in [0.15, 0.2) is 0 Å². The Morgan fingerprint density at radius 1 is 1.15 bits per heavy atom. The summed E-state index contributed by atoms with van der Waals surface area (Å²) >= 11 is 5.74. The molecule has 0 fully saturated rings. The van der Waals surface area contributed by atoms with Crippen molar-refractivity contribution in [1.82, 2.24) is 10.3 Å². The van der Waals surface area contributed by atoms with Crippen LogP contribution in [0.15, 0.2) is 36.5 Å². The lowest BCUT2D eigenvalue weighted by atomic mass is 10.0. The number of benzene rings is 2. The summed E-state index contributed by atoms with van der Waals surface area (Å²) in [6.07, 6.45) is -2.60. The Balaban J connectivity index is 1.85. The predicted molar refractivity (Wildman–Crippen MR) is 117 cm³/mol. The maximum Gasteiger partial charge on any atom is 0.417 e. The first kappa shape index (κ1) is 24.7. The first-order chi connectivity index (χ1) is 15.2. The second-order valence-corrected chi connectivity index (χ2v) is 9.66. The van der Waals surface area contributed by atoms with Gasteiger partial charge in [0.1, 0.15) is 5.82 Å². The lowest BCUT2D eigenvalue weighted by Gasteiger charge is -2.18. The number of amides is 1. The number of fused-ring (bicyclic) bond motifs is 1. The van der Waals surface area contributed by atoms with Crippen molar-refractivity contribution >= 4 is 44.1 Å². The molecule has 0 aliphatic rings. The van der Waals surface area contributed by atoms with E-state index in [1.54, 1.807) is 6.92 Å². The van der Waals surface area contributed by atoms with Crippen molar-refractivity contribution in [1.29, 1.82) is 0 Å². The number of alkyl halides is 3. The van der Waals surface area contributed by atoms with Gasteiger partial charge in [0.2, 0.25) is 10.0 Å². The van der Waals surface area contributed by atoms with Crippen LogP contribution in [0.3, 0.4) is 0 Å². The van der Waals surface area contributed by atoms with Gasteiger partial charge in [-0.2, -0.15) is 13.2 Å². The zero-order chi connectivity index (χ0) is 24.7. The fourth-order valence-corrected chi connectivity index (χ4v) is 4.09. The lowest BCUT2D eigenvalue weighted by Crippen LogP contribution is -2.27. The van der Waals surface area contributed by atoms with Crippen molar-refractivity contribution in [3.63, 3.8) is 0 Å². The molecule has 12 heteroatoms. The summed E-state index contributed by atoms with van der Waals surface area (Å²) < 4.78 is 78.7. The monoisotopic (exact) mass is 503 g/mol. The second-order valence-electron chi connectivity index (χ2n) is 7.50. The summed E-state index contributed by atoms with van der Waals surface area (Å²) in [7, 11) is -3.60. The number of nitrogens with one attached hydrogen (secondary N) is 2. The fourth-order valence-electron chi connectivity index (χ4n) is 3.19. The van der Waals surface area contributed by atoms with E-state index >= 15 is 0 Å². The summed E-state index contributed by atoms with van der Waals surface area (Å²) in [6.45, 7) is 3.11. The predicted octanol–water partition coefficient (Wildman–Crippen LogP) is 5.22. The standard InChI is InChI=1S/C21H18ClF4N3O3S/c1-10-4-14(17(23)8-18(10)29-33(3,31)32)11(2)28-20(30)13-5-12-6-16(22)15(21(24,25)26)7-19(12)27-9-13/h4-9,11,29H,1-3H3,(H,28,30)/t11-/m0/s1. The number of anilines is 1. The summed E-state index contributed by atoms with van der Waals surface area (Å²) in [5, 5.41) is 2.30. The molecule has 2 aromatic carbocycles. The molecular weight excluding hydrogens is 486 g/mol. The van der Waals surface area contributed by atoms with Crippen molar-refractivity contribution in [2.75, 3.05) is 11.0 Å². The summed E-state index contributed by atoms with van der Waals surface area (Å²) in [6, 6.07) is 4.82. The average Bonchev–Trinajstić information content (AvgIpc) is 2.67. The Bertz CT molecular complexity index is 1360. The number of halogens is 5. The first-order valence-electron chi connectivity index (χ1n) is 9.41. The van der Waals surface area contributed by atoms with Gasteiger partial charge >= 0.3 is 6.18 Å². The molecule has 1 aromatic heterocycles. The molecule has 0 unspecified atom stereocenters. The normalized spacial score (nSPS) is 13.1. The van der Waals surface area contributed by atoms with Gasteiger partial charge in [0, 0.05) is 17.1 Å². The maximum absolute atomic E-state index is 14.6. The third-order valence-corrected chi connectivity index (χ3v) is 5.69. The number of aromatic nitrogens is 1. The molecule has 6 nitrogen and oxygen atoms in total. The van der Waals surface area contributed by atoms with E-state index in [-0.39, 0.29) is 27.7 Å². The topological polar surface area (TPSA) is 88.2 Å². The first-order valence-corrected chi connectivity index (χ1v) is 11.7. The molecule has 0 spiro atoms. The van der Waals surface area contributed by atoms with Gasteiger partial charge in [-0.1, -0.05) is 11.6 Å². The highest BCUT2D eigenvalue weighted by Gasteiger charge is 2.33. The van der Waals surface area contributed by atoms with E-state index in [9.17, 15) is 30.8 Å². The SMILES string of the molecule is Cc1cc([C@H](C)NC(=O)c2cnc3cc(C(F)(F)F)c(Cl)cc3c2)c(F)cc1NS(C)(=O)=O. The van der Waals surface area contributed by atoms with E-state index in [0.29, 0.717) is 5.56 Å². The Morgan fingerprint density at radius 3 is 2.42 bits per heavy atom. The van der Waals surface area contributed by atoms with Crippen LogP contribution in [0.25, 0.3) is 10.9 Å². The Morgan fingerprint density at radius 2 is 1.82 bits per heavy atom. The van der Waals surface area contributed by atoms with E-state index in [4.69, 9.17) is 11.6 Å². The molecule has 3 aromatic rings. The van der Waals surface area contributed by atoms with E-state index in [1.165, 1.54) is 19.1 Å². The molecule has 0 saturated carbocycles. The van der Waals surface area contributed by atoms with Gasteiger partial charge in [-0.3, -0.25) is 14.5 Å². The second kappa shape index (κ2) is 8.79. The van der Waals surface area contributed by atoms with Crippen LogP contribution in [-0.2, 0) is 16.2 Å². The van der Waals surface area contributed by atoms with Crippen LogP contribution in [0, 0.1) is 12.7 Å². The van der Waals surface area contributed by atoms with Gasteiger partial charge in [-0.05, 0) is 49.7 Å². The number of nitrogens with zero attached hydrogens (tertiary/aromatic N) is 1. The number of aryl methyl sites for hydroxylation is 1. The molecule has 176 valence electrons. The summed E-state index contributed by atoms with van der Waals surface area (Å²) in [5.41, 5.74) is -0.350. The van der Waals surface area contributed by atoms with Crippen LogP contribution in [0.5, 0.6) is 0 Å². The molecule has 0 radical (unpaired) electrons. The van der Waals surface area contributed by atoms with E-state index in [0.717, 1.165) is 30.7 Å². The third-order valence-electron chi connectivity index (χ3n) is 4.79. The zero-order valence-corrected chi connectivity index (χ0v) is 19.1. The maximum atomic E-state index is 14.6. The average molecular weight is 504 g/mol. The van der Waals surface area contributed by atoms with Gasteiger partial charge in [0.05, 0.1) is 39.7 Å². The zero-order valence-electron chi connectivity index (χ0n) is 17.5. The Hall–Kier alpha value is -2.92. The van der Waals surface area contributed by atoms with Crippen LogP contribution in [0.4, 0.5) is 23.2 Å². The van der Waals surface area contributed by atoms with Gasteiger partial charge in [-0.15, -0.1) is 0 Å². The molecule has 0 aliphatic carbocycles. The quantitative estimate of drug-likeness (QED) is 0.467. The number of sulfonamides is 1. The van der Waals surface area contributed by atoms with Crippen LogP contribution in [-0.4, -0.2) is 25.6 Å². The Kier molecular flexibility index (Phi) is 6.58. The highest BCUT2D eigenvalue weighted by Crippen LogP contribution is 2.36. The van der Waals surface area contributed by atoms with Crippen molar-refractivity contribution in [2.24, 2.45) is 0 Å². The van der Waals surface area contributed by atoms with Crippen molar-refractivity contribution in [3.8, 4) is 0 Å². The third kappa shape index (κ3) is 5.72. The number of hydrogen-bond donors (Lipinski definition) is 2. The highest BCUT2D eigenvalue weighted by atomic mass is 35.5. The fraction of sp³-hybridized carbons (Fsp3) is 0.238. The molecule has 0 bridgehead atoms. The number of rotatable bonds is 5. The molecule has 0 saturated heterocycles. The number of carbonyl (C=O) groups excluding carboxylic acids is 1. The van der Waals surface area contributed by atoms with Gasteiger partial charge in [0.25, 0.3) is 5.91 Å². The van der Waals surface area contributed by atoms with E-state index in [1.807, 2.05) is 0 Å². The van der Waals surface area contributed by atoms with E-state index < -0.39 is 44.6 Å². The molecule has 2 N–H and O–H groups in total. The molecule has 1 amide bonds. The number of hydrogen-bond acceptors (Lipinski definition) is 4. The minimum atomic E-state index is -4.65. The van der Waals surface area contributed by atoms with Crippen LogP contribution in [0.1, 0.15) is 40.0 Å². The van der Waals surface area contributed by atoms with Crippen LogP contribution < -0.4 is 10.0 Å². The van der Waals surface area contributed by atoms with Gasteiger partial charge in [-0.25, -0.2) is 12.8 Å². The minimum Gasteiger partial charge on any atom is -0.345 e. The smallest absolute Gasteiger partial charge is 0.345 e. The molecule has 33 heavy (non-hydrogen) atoms. The lowest BCUT2D eigenvalue weighted by molar-refractivity contribution is -0.137. The van der Waals surface area contributed by atoms with Gasteiger partial charge < -0.3 is 5.32 Å². The molecule has 3 rings (SSSR count). The number of pyridine rings is 1. The van der Waals surface area contributed by atoms with Crippen molar-refractivity contribution in [3.05, 3.63) is 69.6 Å². The summed E-state index contributed by atoms with van der Waals surface area (Å²) in [4.78, 5) is 16.6. The van der Waals surface area contributed by atoms with E-state index in [2.05, 4.69) is 15.0 Å². The minimum absolute atomic E-state index is 0.00644. The number of carbonyl (C=O) groups is 1. The molecular formula is C21H18ClF4N3O3S. The highest BCUT2D eigenvalue weighted by molar-refractivity contribution is 7.92.